The zero-order valence-corrected chi connectivity index (χ0v) is 21.0. The molecule has 1 aromatic heterocycles. The first-order chi connectivity index (χ1) is 16.6. The molecule has 35 heavy (non-hydrogen) atoms. The van der Waals surface area contributed by atoms with Crippen molar-refractivity contribution in [3.8, 4) is 5.95 Å². The highest BCUT2D eigenvalue weighted by Crippen LogP contribution is 2.35. The highest BCUT2D eigenvalue weighted by Gasteiger charge is 2.28. The molecular weight excluding hydrogens is 446 g/mol. The molecule has 7 heteroatoms. The number of nitrogens with zero attached hydrogens (tertiary/aromatic N) is 1. The van der Waals surface area contributed by atoms with Crippen LogP contribution >= 0.6 is 0 Å². The summed E-state index contributed by atoms with van der Waals surface area (Å²) < 4.78 is 17.0. The smallest absolute Gasteiger partial charge is 0.291 e. The van der Waals surface area contributed by atoms with Crippen molar-refractivity contribution in [1.29, 1.82) is 0 Å². The van der Waals surface area contributed by atoms with Gasteiger partial charge in [-0.1, -0.05) is 41.0 Å². The molecule has 1 aliphatic rings. The largest absolute Gasteiger partial charge is 0.468 e. The van der Waals surface area contributed by atoms with E-state index in [1.54, 1.807) is 26.0 Å². The molecule has 0 spiro atoms. The summed E-state index contributed by atoms with van der Waals surface area (Å²) in [6.07, 6.45) is 8.56. The molecule has 0 aliphatic carbocycles. The standard InChI is InChI=1S/C28H31NO6/c1-17(11-18(2)13-22-7-9-24(10-8-22)29(31)32)12-19(3)14-23-15-25(34-16-23)27-20(4)26(30)21(5)28(33-6)35-27/h7-14,25H,15-16H2,1-6H3/b17-11+,18-13+,19-12+,23-14-/t25-/m1/s1. The second-order valence-corrected chi connectivity index (χ2v) is 8.86. The first-order valence-electron chi connectivity index (χ1n) is 11.4. The Hall–Kier alpha value is -3.71. The van der Waals surface area contributed by atoms with Crippen molar-refractivity contribution in [3.63, 3.8) is 0 Å². The number of nitro benzene ring substituents is 1. The third kappa shape index (κ3) is 6.45. The maximum atomic E-state index is 12.5. The van der Waals surface area contributed by atoms with Gasteiger partial charge >= 0.3 is 0 Å². The molecule has 0 N–H and O–H groups in total. The summed E-state index contributed by atoms with van der Waals surface area (Å²) in [5.41, 5.74) is 6.23. The SMILES string of the molecule is COc1oc([C@H]2C/C(=C/C(C)=C/C(C)=C/C(C)=C/c3ccc([N+](=O)[O-])cc3)CO2)c(C)c(=O)c1C. The zero-order chi connectivity index (χ0) is 25.7. The van der Waals surface area contributed by atoms with Crippen LogP contribution in [0.15, 0.2) is 74.0 Å². The highest BCUT2D eigenvalue weighted by atomic mass is 16.6. The lowest BCUT2D eigenvalue weighted by Gasteiger charge is -2.13. The van der Waals surface area contributed by atoms with E-state index < -0.39 is 4.92 Å². The third-order valence-corrected chi connectivity index (χ3v) is 5.80. The molecule has 1 saturated heterocycles. The number of hydrogen-bond donors (Lipinski definition) is 0. The molecule has 3 rings (SSSR count). The van der Waals surface area contributed by atoms with Gasteiger partial charge in [0, 0.05) is 24.1 Å². The number of rotatable bonds is 7. The van der Waals surface area contributed by atoms with Crippen LogP contribution in [0.25, 0.3) is 6.08 Å². The lowest BCUT2D eigenvalue weighted by atomic mass is 10.0. The Morgan fingerprint density at radius 3 is 2.34 bits per heavy atom. The molecule has 0 amide bonds. The maximum absolute atomic E-state index is 12.5. The predicted octanol–water partition coefficient (Wildman–Crippen LogP) is 6.56. The normalized spacial score (nSPS) is 18.3. The molecular formula is C28H31NO6. The predicted molar refractivity (Wildman–Crippen MR) is 137 cm³/mol. The van der Waals surface area contributed by atoms with Crippen LogP contribution in [0.1, 0.15) is 55.7 Å². The van der Waals surface area contributed by atoms with Crippen molar-refractivity contribution >= 4 is 11.8 Å². The number of hydrogen-bond acceptors (Lipinski definition) is 6. The fourth-order valence-electron chi connectivity index (χ4n) is 4.19. The number of ether oxygens (including phenoxy) is 2. The highest BCUT2D eigenvalue weighted by molar-refractivity contribution is 5.57. The molecule has 2 heterocycles. The van der Waals surface area contributed by atoms with Gasteiger partial charge in [0.25, 0.3) is 11.6 Å². The summed E-state index contributed by atoms with van der Waals surface area (Å²) in [6, 6.07) is 6.48. The average molecular weight is 478 g/mol. The molecule has 0 radical (unpaired) electrons. The minimum atomic E-state index is -0.404. The molecule has 7 nitrogen and oxygen atoms in total. The Kier molecular flexibility index (Phi) is 8.25. The van der Waals surface area contributed by atoms with Crippen LogP contribution in [-0.2, 0) is 4.74 Å². The molecule has 0 bridgehead atoms. The lowest BCUT2D eigenvalue weighted by molar-refractivity contribution is -0.384. The molecule has 0 unspecified atom stereocenters. The van der Waals surface area contributed by atoms with E-state index in [-0.39, 0.29) is 23.2 Å². The Labute approximate surface area is 205 Å². The molecule has 2 aromatic rings. The fraction of sp³-hybridized carbons (Fsp3) is 0.321. The molecule has 184 valence electrons. The molecule has 1 fully saturated rings. The van der Waals surface area contributed by atoms with Crippen LogP contribution in [0.3, 0.4) is 0 Å². The lowest BCUT2D eigenvalue weighted by Crippen LogP contribution is -2.15. The van der Waals surface area contributed by atoms with Gasteiger partial charge < -0.3 is 13.9 Å². The van der Waals surface area contributed by atoms with E-state index in [4.69, 9.17) is 13.9 Å². The van der Waals surface area contributed by atoms with Gasteiger partial charge in [0.05, 0.1) is 24.2 Å². The summed E-state index contributed by atoms with van der Waals surface area (Å²) in [6.45, 7) is 9.97. The topological polar surface area (TPSA) is 91.8 Å². The molecule has 1 aromatic carbocycles. The van der Waals surface area contributed by atoms with Gasteiger partial charge in [-0.2, -0.15) is 0 Å². The van der Waals surface area contributed by atoms with Crippen LogP contribution < -0.4 is 10.2 Å². The molecule has 1 aliphatic heterocycles. The Morgan fingerprint density at radius 2 is 1.71 bits per heavy atom. The van der Waals surface area contributed by atoms with Gasteiger partial charge in [-0.25, -0.2) is 0 Å². The Morgan fingerprint density at radius 1 is 1.06 bits per heavy atom. The van der Waals surface area contributed by atoms with E-state index in [0.717, 1.165) is 27.9 Å². The molecule has 0 saturated carbocycles. The Bertz CT molecular complexity index is 1290. The van der Waals surface area contributed by atoms with E-state index >= 15 is 0 Å². The number of benzene rings is 1. The van der Waals surface area contributed by atoms with Crippen molar-refractivity contribution in [2.45, 2.75) is 47.1 Å². The fourth-order valence-corrected chi connectivity index (χ4v) is 4.19. The van der Waals surface area contributed by atoms with Crippen molar-refractivity contribution in [3.05, 3.63) is 108 Å². The second kappa shape index (κ2) is 11.1. The first kappa shape index (κ1) is 25.9. The average Bonchev–Trinajstić information content (AvgIpc) is 3.25. The summed E-state index contributed by atoms with van der Waals surface area (Å²) in [7, 11) is 1.48. The minimum absolute atomic E-state index is 0.0788. The van der Waals surface area contributed by atoms with Gasteiger partial charge in [-0.05, 0) is 57.9 Å². The van der Waals surface area contributed by atoms with E-state index in [2.05, 4.69) is 18.2 Å². The Balaban J connectivity index is 1.71. The summed E-state index contributed by atoms with van der Waals surface area (Å²) in [5, 5.41) is 10.8. The number of methoxy groups -OCH3 is 1. The monoisotopic (exact) mass is 477 g/mol. The minimum Gasteiger partial charge on any atom is -0.468 e. The van der Waals surface area contributed by atoms with Crippen LogP contribution in [0, 0.1) is 24.0 Å². The second-order valence-electron chi connectivity index (χ2n) is 8.86. The van der Waals surface area contributed by atoms with Crippen LogP contribution in [-0.4, -0.2) is 18.6 Å². The van der Waals surface area contributed by atoms with E-state index in [1.807, 2.05) is 26.8 Å². The maximum Gasteiger partial charge on any atom is 0.291 e. The molecule has 1 atom stereocenters. The van der Waals surface area contributed by atoms with Crippen molar-refractivity contribution in [2.75, 3.05) is 13.7 Å². The van der Waals surface area contributed by atoms with Gasteiger partial charge in [0.1, 0.15) is 11.9 Å². The zero-order valence-electron chi connectivity index (χ0n) is 21.0. The number of non-ortho nitro benzene ring substituents is 1. The van der Waals surface area contributed by atoms with E-state index in [0.29, 0.717) is 29.9 Å². The van der Waals surface area contributed by atoms with Gasteiger partial charge in [-0.15, -0.1) is 0 Å². The summed E-state index contributed by atoms with van der Waals surface area (Å²) in [5.74, 6) is 0.746. The van der Waals surface area contributed by atoms with Gasteiger partial charge in [0.2, 0.25) is 0 Å². The first-order valence-corrected chi connectivity index (χ1v) is 11.4. The van der Waals surface area contributed by atoms with Crippen LogP contribution in [0.2, 0.25) is 0 Å². The quantitative estimate of drug-likeness (QED) is 0.255. The van der Waals surface area contributed by atoms with E-state index in [1.165, 1.54) is 19.2 Å². The van der Waals surface area contributed by atoms with Crippen LogP contribution in [0.4, 0.5) is 5.69 Å². The third-order valence-electron chi connectivity index (χ3n) is 5.80. The summed E-state index contributed by atoms with van der Waals surface area (Å²) >= 11 is 0. The van der Waals surface area contributed by atoms with Crippen molar-refractivity contribution < 1.29 is 18.8 Å². The number of nitro groups is 1. The van der Waals surface area contributed by atoms with Crippen molar-refractivity contribution in [1.82, 2.24) is 0 Å². The van der Waals surface area contributed by atoms with Gasteiger partial charge in [0.15, 0.2) is 5.43 Å². The summed E-state index contributed by atoms with van der Waals surface area (Å²) in [4.78, 5) is 22.9. The van der Waals surface area contributed by atoms with Gasteiger partial charge in [-0.3, -0.25) is 14.9 Å². The van der Waals surface area contributed by atoms with Crippen LogP contribution in [0.5, 0.6) is 5.95 Å². The number of allylic oxidation sites excluding steroid dienone is 6. The van der Waals surface area contributed by atoms with Crippen molar-refractivity contribution in [2.24, 2.45) is 0 Å². The van der Waals surface area contributed by atoms with E-state index in [9.17, 15) is 14.9 Å².